The Balaban J connectivity index is 0.00000149. The molecule has 3 unspecified atom stereocenters. The van der Waals surface area contributed by atoms with Crippen molar-refractivity contribution in [3.05, 3.63) is 91.0 Å². The first-order valence-corrected chi connectivity index (χ1v) is 27.4. The van der Waals surface area contributed by atoms with E-state index in [1.807, 2.05) is 43.3 Å². The summed E-state index contributed by atoms with van der Waals surface area (Å²) in [6.45, 7) is 18.3. The molecule has 430 valence electrons. The fourth-order valence-electron chi connectivity index (χ4n) is 7.72. The van der Waals surface area contributed by atoms with E-state index in [1.165, 1.54) is 6.92 Å². The van der Waals surface area contributed by atoms with Crippen molar-refractivity contribution in [1.29, 1.82) is 0 Å². The quantitative estimate of drug-likeness (QED) is 0.00999. The molecule has 1 fully saturated rings. The van der Waals surface area contributed by atoms with Gasteiger partial charge in [-0.05, 0) is 147 Å². The van der Waals surface area contributed by atoms with Gasteiger partial charge in [-0.2, -0.15) is 0 Å². The van der Waals surface area contributed by atoms with Gasteiger partial charge in [0.25, 0.3) is 5.91 Å². The van der Waals surface area contributed by atoms with Crippen LogP contribution in [0.25, 0.3) is 0 Å². The monoisotopic (exact) mass is 1100 g/mol. The topological polar surface area (TPSA) is 254 Å². The number of benzene rings is 2. The van der Waals surface area contributed by atoms with Crippen LogP contribution in [-0.4, -0.2) is 109 Å². The number of carbonyl (C=O) groups is 8. The van der Waals surface area contributed by atoms with E-state index in [9.17, 15) is 38.4 Å². The number of hydrogen-bond donors (Lipinski definition) is 6. The maximum absolute atomic E-state index is 13.6. The first kappa shape index (κ1) is 68.7. The Kier molecular flexibility index (Phi) is 36.5. The molecule has 0 radical (unpaired) electrons. The second-order valence-corrected chi connectivity index (χ2v) is 20.0. The van der Waals surface area contributed by atoms with Crippen LogP contribution in [-0.2, 0) is 43.0 Å². The van der Waals surface area contributed by atoms with Crippen LogP contribution >= 0.6 is 11.6 Å². The Bertz CT molecular complexity index is 2090. The lowest BCUT2D eigenvalue weighted by Gasteiger charge is -2.30. The van der Waals surface area contributed by atoms with Gasteiger partial charge in [0.1, 0.15) is 23.4 Å². The van der Waals surface area contributed by atoms with E-state index in [-0.39, 0.29) is 18.9 Å². The maximum Gasteiger partial charge on any atom is 0.407 e. The summed E-state index contributed by atoms with van der Waals surface area (Å²) < 4.78 is 21.2. The lowest BCUT2D eigenvalue weighted by Crippen LogP contribution is -2.57. The summed E-state index contributed by atoms with van der Waals surface area (Å²) in [6.07, 6.45) is 16.9. The molecule has 2 aromatic carbocycles. The van der Waals surface area contributed by atoms with Gasteiger partial charge < -0.3 is 50.6 Å². The largest absolute Gasteiger partial charge is 0.494 e. The molecule has 0 bridgehead atoms. The van der Waals surface area contributed by atoms with Crippen molar-refractivity contribution in [2.75, 3.05) is 33.0 Å². The number of carbonyl (C=O) groups excluding carboxylic acids is 8. The minimum absolute atomic E-state index is 0.110. The number of aliphatic hydroxyl groups is 1. The fraction of sp³-hybridized carbons (Fsp3) is 0.586. The number of hydrogen-bond acceptors (Lipinski definition) is 13. The Hall–Kier alpha value is -6.27. The molecule has 0 spiro atoms. The number of halogens is 1. The van der Waals surface area contributed by atoms with Crippen molar-refractivity contribution in [3.8, 4) is 5.75 Å². The highest BCUT2D eigenvalue weighted by atomic mass is 35.5. The second-order valence-electron chi connectivity index (χ2n) is 19.7. The lowest BCUT2D eigenvalue weighted by molar-refractivity contribution is -0.158. The molecule has 77 heavy (non-hydrogen) atoms. The van der Waals surface area contributed by atoms with Gasteiger partial charge in [0.05, 0.1) is 32.4 Å². The van der Waals surface area contributed by atoms with Crippen molar-refractivity contribution in [2.45, 2.75) is 180 Å². The third kappa shape index (κ3) is 32.8. The van der Waals surface area contributed by atoms with Crippen LogP contribution in [0.15, 0.2) is 79.9 Å². The molecule has 2 aromatic rings. The van der Waals surface area contributed by atoms with Crippen LogP contribution < -0.4 is 31.3 Å². The highest BCUT2D eigenvalue weighted by Crippen LogP contribution is 2.27. The average Bonchev–Trinajstić information content (AvgIpc) is 3.39. The van der Waals surface area contributed by atoms with E-state index in [4.69, 9.17) is 30.9 Å². The lowest BCUT2D eigenvalue weighted by atomic mass is 9.83. The molecule has 5 amide bonds. The maximum atomic E-state index is 13.6. The second kappa shape index (κ2) is 40.9. The standard InChI is InChI=1S/C45H65N5O10.C7H11ClO2.C6H12O/c1-7-19-35(39(52)42(55)46-29-36(51)49-38(33-23-14-11-15-24-33)43(56)60-45(4,5)6)48-40(53)31(3)47-41(54)37(32-21-12-10-13-22-32)50-44(57)59-27-17-9-8-16-26-58-34-25-18-20-30(2)28-34;1-2-3-4-5-6-10-7(8)9;1-2-3-4-5-6-7/h11,14-15,18,20,23-25,28,31-32,35,37-38H,7-10,12-13,16-17,19,21-22,26-27,29H2,1-6H3,(H,46,55)(H,47,54)(H,48,53)(H,49,51)(H,50,57);2H,1,3-6H2;2,7H,1,3-6H2/t31?,35?,37?,38-;;/m0../s1. The smallest absolute Gasteiger partial charge is 0.407 e. The minimum Gasteiger partial charge on any atom is -0.494 e. The summed E-state index contributed by atoms with van der Waals surface area (Å²) in [5.41, 5.74) is 0.0570. The number of esters is 1. The van der Waals surface area contributed by atoms with Crippen molar-refractivity contribution in [3.63, 3.8) is 0 Å². The summed E-state index contributed by atoms with van der Waals surface area (Å²) in [4.78, 5) is 102. The van der Waals surface area contributed by atoms with Crippen molar-refractivity contribution in [1.82, 2.24) is 26.6 Å². The predicted octanol–water partition coefficient (Wildman–Crippen LogP) is 9.34. The van der Waals surface area contributed by atoms with Crippen molar-refractivity contribution in [2.24, 2.45) is 5.92 Å². The first-order valence-electron chi connectivity index (χ1n) is 27.0. The number of rotatable bonds is 32. The number of Topliss-reactive ketones (excluding diaryl/α,β-unsaturated/α-hetero) is 1. The van der Waals surface area contributed by atoms with Crippen LogP contribution in [0, 0.1) is 12.8 Å². The van der Waals surface area contributed by atoms with Crippen LogP contribution in [0.5, 0.6) is 5.75 Å². The van der Waals surface area contributed by atoms with Gasteiger partial charge in [-0.3, -0.25) is 24.0 Å². The number of allylic oxidation sites excluding steroid dienone is 2. The van der Waals surface area contributed by atoms with Crippen molar-refractivity contribution < 1.29 is 62.4 Å². The molecular weight excluding hydrogens is 1010 g/mol. The molecule has 0 saturated heterocycles. The summed E-state index contributed by atoms with van der Waals surface area (Å²) in [5.74, 6) is -4.12. The van der Waals surface area contributed by atoms with Crippen LogP contribution in [0.1, 0.15) is 161 Å². The Morgan fingerprint density at radius 2 is 1.38 bits per heavy atom. The number of ether oxygens (including phenoxy) is 4. The van der Waals surface area contributed by atoms with Gasteiger partial charge in [0.2, 0.25) is 23.5 Å². The zero-order valence-corrected chi connectivity index (χ0v) is 47.2. The Labute approximate surface area is 461 Å². The number of unbranched alkanes of at least 4 members (excludes halogenated alkanes) is 7. The number of aliphatic hydroxyl groups excluding tert-OH is 1. The van der Waals surface area contributed by atoms with Gasteiger partial charge in [-0.25, -0.2) is 14.4 Å². The van der Waals surface area contributed by atoms with E-state index in [1.54, 1.807) is 58.0 Å². The van der Waals surface area contributed by atoms with E-state index in [0.29, 0.717) is 38.2 Å². The molecule has 4 atom stereocenters. The molecule has 18 nitrogen and oxygen atoms in total. The van der Waals surface area contributed by atoms with Crippen LogP contribution in [0.3, 0.4) is 0 Å². The van der Waals surface area contributed by atoms with E-state index in [2.05, 4.69) is 44.5 Å². The third-order valence-electron chi connectivity index (χ3n) is 11.7. The molecule has 6 N–H and O–H groups in total. The highest BCUT2D eigenvalue weighted by Gasteiger charge is 2.35. The molecule has 19 heteroatoms. The number of aryl methyl sites for hydroxylation is 1. The Morgan fingerprint density at radius 1 is 0.753 bits per heavy atom. The third-order valence-corrected chi connectivity index (χ3v) is 11.8. The Morgan fingerprint density at radius 3 is 1.97 bits per heavy atom. The van der Waals surface area contributed by atoms with E-state index in [0.717, 1.165) is 101 Å². The first-order chi connectivity index (χ1) is 36.8. The molecule has 3 rings (SSSR count). The SMILES string of the molecule is C=CCCCCO.C=CCCCCOC(=O)Cl.CCCC(NC(=O)C(C)NC(=O)C(NC(=O)OCCCCCCOc1cccc(C)c1)C1CCCCC1)C(=O)C(=O)NCC(=O)N[C@H](C(=O)OC(C)(C)C)c1ccccc1. The zero-order valence-electron chi connectivity index (χ0n) is 46.4. The number of nitrogens with one attached hydrogen (secondary N) is 5. The molecule has 0 heterocycles. The van der Waals surface area contributed by atoms with Crippen LogP contribution in [0.2, 0.25) is 0 Å². The van der Waals surface area contributed by atoms with E-state index < -0.39 is 83.2 Å². The number of ketones is 1. The fourth-order valence-corrected chi connectivity index (χ4v) is 7.80. The summed E-state index contributed by atoms with van der Waals surface area (Å²) in [5, 5.41) is 21.0. The highest BCUT2D eigenvalue weighted by molar-refractivity contribution is 6.61. The molecule has 1 aliphatic rings. The van der Waals surface area contributed by atoms with Gasteiger partial charge >= 0.3 is 17.5 Å². The van der Waals surface area contributed by atoms with Crippen LogP contribution in [0.4, 0.5) is 9.59 Å². The van der Waals surface area contributed by atoms with Crippen molar-refractivity contribution >= 4 is 58.5 Å². The molecule has 1 aliphatic carbocycles. The van der Waals surface area contributed by atoms with E-state index >= 15 is 0 Å². The molecule has 0 aromatic heterocycles. The number of alkyl carbamates (subject to hydrolysis) is 1. The molecule has 0 aliphatic heterocycles. The zero-order chi connectivity index (χ0) is 57.4. The summed E-state index contributed by atoms with van der Waals surface area (Å²) in [7, 11) is 0. The normalized spacial score (nSPS) is 13.6. The number of amides is 5. The average molecular weight is 1100 g/mol. The predicted molar refractivity (Wildman–Crippen MR) is 298 cm³/mol. The minimum atomic E-state index is -1.24. The molecule has 1 saturated carbocycles. The molecular formula is C58H88ClN5O13. The van der Waals surface area contributed by atoms with Gasteiger partial charge in [0.15, 0.2) is 6.04 Å². The summed E-state index contributed by atoms with van der Waals surface area (Å²) in [6, 6.07) is 11.9. The van der Waals surface area contributed by atoms with Gasteiger partial charge in [-0.15, -0.1) is 13.2 Å². The summed E-state index contributed by atoms with van der Waals surface area (Å²) >= 11 is 4.91. The van der Waals surface area contributed by atoms with Gasteiger partial charge in [-0.1, -0.05) is 87.2 Å². The van der Waals surface area contributed by atoms with Gasteiger partial charge in [0, 0.05) is 18.2 Å².